The molecule has 1 aromatic carbocycles. The molecule has 2 fully saturated rings. The van der Waals surface area contributed by atoms with Gasteiger partial charge in [-0.15, -0.1) is 0 Å². The van der Waals surface area contributed by atoms with Gasteiger partial charge in [0.15, 0.2) is 0 Å². The molecule has 1 aromatic rings. The SMILES string of the molecule is C[C@@]1([Se]c2ccccc2)CN([C@H]2C[C@H](O)[C@@H](CO)O2)C(=O)NC1=O. The summed E-state index contributed by atoms with van der Waals surface area (Å²) in [6, 6.07) is 9.19. The number of nitrogens with one attached hydrogen (secondary N) is 1. The second-order valence-corrected chi connectivity index (χ2v) is 9.46. The van der Waals surface area contributed by atoms with Gasteiger partial charge in [0.1, 0.15) is 0 Å². The molecule has 24 heavy (non-hydrogen) atoms. The van der Waals surface area contributed by atoms with Crippen molar-refractivity contribution in [1.82, 2.24) is 10.2 Å². The van der Waals surface area contributed by atoms with Crippen molar-refractivity contribution in [3.05, 3.63) is 30.3 Å². The van der Waals surface area contributed by atoms with Crippen LogP contribution >= 0.6 is 0 Å². The Bertz CT molecular complexity index is 628. The summed E-state index contributed by atoms with van der Waals surface area (Å²) in [7, 11) is 0. The van der Waals surface area contributed by atoms with Crippen molar-refractivity contribution in [1.29, 1.82) is 0 Å². The fourth-order valence-electron chi connectivity index (χ4n) is 2.90. The first-order valence-corrected chi connectivity index (χ1v) is 9.45. The van der Waals surface area contributed by atoms with Gasteiger partial charge in [-0.05, 0) is 0 Å². The molecule has 130 valence electrons. The monoisotopic (exact) mass is 400 g/mol. The fourth-order valence-corrected chi connectivity index (χ4v) is 5.34. The summed E-state index contributed by atoms with van der Waals surface area (Å²) in [4.78, 5) is 26.1. The van der Waals surface area contributed by atoms with Crippen molar-refractivity contribution >= 4 is 31.4 Å². The number of imide groups is 1. The maximum atomic E-state index is 12.4. The van der Waals surface area contributed by atoms with Crippen LogP contribution in [0.3, 0.4) is 0 Å². The summed E-state index contributed by atoms with van der Waals surface area (Å²) in [5.74, 6) is -0.287. The molecule has 8 heteroatoms. The minimum atomic E-state index is -0.823. The first kappa shape index (κ1) is 17.4. The molecule has 3 N–H and O–H groups in total. The van der Waals surface area contributed by atoms with Gasteiger partial charge < -0.3 is 0 Å². The Morgan fingerprint density at radius 1 is 1.38 bits per heavy atom. The first-order chi connectivity index (χ1) is 11.4. The van der Waals surface area contributed by atoms with Gasteiger partial charge in [0.25, 0.3) is 0 Å². The summed E-state index contributed by atoms with van der Waals surface area (Å²) >= 11 is -0.176. The van der Waals surface area contributed by atoms with E-state index in [0.29, 0.717) is 0 Å². The molecule has 0 radical (unpaired) electrons. The number of nitrogens with zero attached hydrogens (tertiary/aromatic N) is 1. The second kappa shape index (κ2) is 6.82. The summed E-state index contributed by atoms with van der Waals surface area (Å²) < 4.78 is 5.91. The van der Waals surface area contributed by atoms with Crippen LogP contribution in [0.4, 0.5) is 4.79 Å². The zero-order valence-electron chi connectivity index (χ0n) is 13.2. The summed E-state index contributed by atoms with van der Waals surface area (Å²) in [6.07, 6.45) is -1.94. The summed E-state index contributed by atoms with van der Waals surface area (Å²) in [5.41, 5.74) is 0. The topological polar surface area (TPSA) is 99.1 Å². The van der Waals surface area contributed by atoms with E-state index in [1.54, 1.807) is 0 Å². The molecule has 3 rings (SSSR count). The van der Waals surface area contributed by atoms with E-state index in [1.807, 2.05) is 37.3 Å². The van der Waals surface area contributed by atoms with E-state index < -0.39 is 28.8 Å². The zero-order chi connectivity index (χ0) is 17.3. The molecule has 4 atom stereocenters. The molecule has 0 unspecified atom stereocenters. The molecule has 0 spiro atoms. The molecule has 0 aliphatic carbocycles. The number of aliphatic hydroxyl groups is 2. The van der Waals surface area contributed by atoms with E-state index in [-0.39, 0.29) is 40.4 Å². The molecule has 7 nitrogen and oxygen atoms in total. The fraction of sp³-hybridized carbons (Fsp3) is 0.500. The number of carbonyl (C=O) groups excluding carboxylic acids is 2. The Morgan fingerprint density at radius 3 is 2.71 bits per heavy atom. The molecule has 2 aliphatic rings. The third-order valence-corrected chi connectivity index (χ3v) is 6.92. The third kappa shape index (κ3) is 3.34. The number of ether oxygens (including phenoxy) is 1. The molecule has 0 saturated carbocycles. The number of aliphatic hydroxyl groups excluding tert-OH is 2. The molecule has 2 heterocycles. The van der Waals surface area contributed by atoms with Crippen LogP contribution in [0.1, 0.15) is 13.3 Å². The number of benzene rings is 1. The van der Waals surface area contributed by atoms with Crippen molar-refractivity contribution < 1.29 is 24.5 Å². The number of hydrogen-bond donors (Lipinski definition) is 3. The van der Waals surface area contributed by atoms with Gasteiger partial charge in [0.2, 0.25) is 0 Å². The molecular weight excluding hydrogens is 379 g/mol. The average molecular weight is 399 g/mol. The van der Waals surface area contributed by atoms with E-state index in [1.165, 1.54) is 4.90 Å². The van der Waals surface area contributed by atoms with Gasteiger partial charge in [-0.25, -0.2) is 0 Å². The van der Waals surface area contributed by atoms with E-state index >= 15 is 0 Å². The van der Waals surface area contributed by atoms with Crippen molar-refractivity contribution in [2.45, 2.75) is 36.1 Å². The van der Waals surface area contributed by atoms with Gasteiger partial charge in [0, 0.05) is 0 Å². The average Bonchev–Trinajstić information content (AvgIpc) is 2.93. The molecule has 2 aliphatic heterocycles. The van der Waals surface area contributed by atoms with Crippen molar-refractivity contribution in [2.75, 3.05) is 13.2 Å². The number of hydrogen-bond acceptors (Lipinski definition) is 5. The molecule has 3 amide bonds. The Kier molecular flexibility index (Phi) is 4.94. The van der Waals surface area contributed by atoms with Crippen LogP contribution in [0.15, 0.2) is 30.3 Å². The number of rotatable bonds is 4. The van der Waals surface area contributed by atoms with E-state index in [4.69, 9.17) is 4.74 Å². The minimum absolute atomic E-state index is 0.176. The normalized spacial score (nSPS) is 33.6. The van der Waals surface area contributed by atoms with Gasteiger partial charge in [-0.3, -0.25) is 0 Å². The molecule has 0 bridgehead atoms. The second-order valence-electron chi connectivity index (χ2n) is 6.15. The van der Waals surface area contributed by atoms with Crippen LogP contribution in [0.25, 0.3) is 0 Å². The quantitative estimate of drug-likeness (QED) is 0.577. The van der Waals surface area contributed by atoms with Crippen molar-refractivity contribution in [3.8, 4) is 0 Å². The third-order valence-electron chi connectivity index (χ3n) is 4.25. The number of amides is 3. The Morgan fingerprint density at radius 2 is 2.08 bits per heavy atom. The standard InChI is InChI=1S/C16H20N2O5Se/c1-16(24-10-5-3-2-4-6-10)9-18(15(22)17-14(16)21)13-7-11(20)12(8-19)23-13/h2-6,11-13,19-20H,7-9H2,1H3,(H,17,21,22)/t11-,12+,13+,16+/m0/s1. The van der Waals surface area contributed by atoms with E-state index in [0.717, 1.165) is 4.46 Å². The zero-order valence-corrected chi connectivity index (χ0v) is 14.9. The van der Waals surface area contributed by atoms with Crippen LogP contribution in [0.2, 0.25) is 4.31 Å². The predicted molar refractivity (Wildman–Crippen MR) is 86.8 cm³/mol. The van der Waals surface area contributed by atoms with E-state index in [9.17, 15) is 19.8 Å². The van der Waals surface area contributed by atoms with Crippen LogP contribution in [0.5, 0.6) is 0 Å². The van der Waals surface area contributed by atoms with Crippen LogP contribution in [0, 0.1) is 0 Å². The molecule has 2 saturated heterocycles. The summed E-state index contributed by atoms with van der Waals surface area (Å²) in [5, 5.41) is 21.5. The van der Waals surface area contributed by atoms with Gasteiger partial charge in [-0.1, -0.05) is 0 Å². The molecular formula is C16H20N2O5Se. The van der Waals surface area contributed by atoms with Crippen LogP contribution in [-0.2, 0) is 9.53 Å². The van der Waals surface area contributed by atoms with Crippen LogP contribution in [-0.4, -0.2) is 73.6 Å². The summed E-state index contributed by atoms with van der Waals surface area (Å²) in [6.45, 7) is 1.75. The maximum absolute atomic E-state index is 12.4. The Labute approximate surface area is 146 Å². The first-order valence-electron chi connectivity index (χ1n) is 7.73. The van der Waals surface area contributed by atoms with Gasteiger partial charge in [-0.2, -0.15) is 0 Å². The van der Waals surface area contributed by atoms with Crippen LogP contribution < -0.4 is 9.78 Å². The van der Waals surface area contributed by atoms with Crippen molar-refractivity contribution in [2.24, 2.45) is 0 Å². The van der Waals surface area contributed by atoms with Gasteiger partial charge >= 0.3 is 146 Å². The molecule has 0 aromatic heterocycles. The van der Waals surface area contributed by atoms with E-state index in [2.05, 4.69) is 5.32 Å². The van der Waals surface area contributed by atoms with Crippen molar-refractivity contribution in [3.63, 3.8) is 0 Å². The number of urea groups is 1. The van der Waals surface area contributed by atoms with Gasteiger partial charge in [0.05, 0.1) is 0 Å². The Balaban J connectivity index is 1.77. The number of carbonyl (C=O) groups is 2. The Hall–Kier alpha value is -1.44. The predicted octanol–water partition coefficient (Wildman–Crippen LogP) is -0.785.